The van der Waals surface area contributed by atoms with Gasteiger partial charge in [0.2, 0.25) is 5.91 Å². The second-order valence-corrected chi connectivity index (χ2v) is 11.1. The number of hydrogen-bond acceptors (Lipinski definition) is 4. The minimum Gasteiger partial charge on any atom is -0.480 e. The molecule has 1 aliphatic carbocycles. The molecule has 1 atom stereocenters. The van der Waals surface area contributed by atoms with E-state index in [1.807, 2.05) is 54.3 Å². The van der Waals surface area contributed by atoms with Crippen LogP contribution in [0.4, 0.5) is 4.79 Å². The van der Waals surface area contributed by atoms with E-state index < -0.39 is 12.0 Å². The Labute approximate surface area is 219 Å². The van der Waals surface area contributed by atoms with E-state index in [4.69, 9.17) is 0 Å². The zero-order valence-corrected chi connectivity index (χ0v) is 22.7. The number of benzene rings is 1. The second-order valence-electron chi connectivity index (χ2n) is 10.1. The Bertz CT molecular complexity index is 958. The van der Waals surface area contributed by atoms with Gasteiger partial charge in [-0.2, -0.15) is 11.8 Å². The molecule has 0 saturated heterocycles. The van der Waals surface area contributed by atoms with Crippen molar-refractivity contribution < 1.29 is 19.5 Å². The smallest absolute Gasteiger partial charge is 0.326 e. The molecule has 0 bridgehead atoms. The highest BCUT2D eigenvalue weighted by Crippen LogP contribution is 2.30. The number of nitrogens with zero attached hydrogens (tertiary/aromatic N) is 2. The average molecular weight is 516 g/mol. The zero-order valence-electron chi connectivity index (χ0n) is 21.9. The molecule has 8 heteroatoms. The number of carboxylic acid groups (broad SMARTS) is 1. The number of hydrogen-bond donors (Lipinski definition) is 2. The lowest BCUT2D eigenvalue weighted by Gasteiger charge is -2.35. The summed E-state index contributed by atoms with van der Waals surface area (Å²) in [5, 5.41) is 12.3. The molecule has 1 saturated carbocycles. The summed E-state index contributed by atoms with van der Waals surface area (Å²) in [6.07, 6.45) is 10.2. The second kappa shape index (κ2) is 13.7. The number of carbonyl (C=O) groups is 3. The highest BCUT2D eigenvalue weighted by molar-refractivity contribution is 7.98. The number of carbonyl (C=O) groups excluding carboxylic acids is 2. The van der Waals surface area contributed by atoms with Gasteiger partial charge in [0.05, 0.1) is 0 Å². The highest BCUT2D eigenvalue weighted by Gasteiger charge is 2.31. The molecule has 1 aromatic rings. The lowest BCUT2D eigenvalue weighted by Crippen LogP contribution is -2.47. The van der Waals surface area contributed by atoms with Crippen LogP contribution in [0.3, 0.4) is 0 Å². The molecular weight excluding hydrogens is 474 g/mol. The number of rotatable bonds is 10. The van der Waals surface area contributed by atoms with Crippen LogP contribution in [0.25, 0.3) is 5.57 Å². The number of nitrogens with one attached hydrogen (secondary N) is 1. The number of amides is 3. The molecule has 36 heavy (non-hydrogen) atoms. The van der Waals surface area contributed by atoms with Gasteiger partial charge in [0.25, 0.3) is 0 Å². The highest BCUT2D eigenvalue weighted by atomic mass is 32.2. The van der Waals surface area contributed by atoms with E-state index in [0.717, 1.165) is 29.7 Å². The molecule has 0 radical (unpaired) electrons. The monoisotopic (exact) mass is 515 g/mol. The quantitative estimate of drug-likeness (QED) is 0.467. The topological polar surface area (TPSA) is 90.0 Å². The Morgan fingerprint density at radius 2 is 1.92 bits per heavy atom. The summed E-state index contributed by atoms with van der Waals surface area (Å²) in [5.41, 5.74) is 3.34. The van der Waals surface area contributed by atoms with Crippen LogP contribution in [-0.2, 0) is 9.59 Å². The molecule has 1 unspecified atom stereocenters. The fraction of sp³-hybridized carbons (Fsp3) is 0.607. The van der Waals surface area contributed by atoms with Gasteiger partial charge in [-0.3, -0.25) is 4.79 Å². The molecule has 1 aliphatic heterocycles. The lowest BCUT2D eigenvalue weighted by molar-refractivity contribution is -0.141. The fourth-order valence-electron chi connectivity index (χ4n) is 5.26. The SMILES string of the molecule is CSCCC(NC(=O)C1=C(c2ccccc2C)CN(C(=O)N(C)CCC2CCCCC2)CC1)C(=O)O. The first-order chi connectivity index (χ1) is 17.3. The average Bonchev–Trinajstić information content (AvgIpc) is 2.89. The van der Waals surface area contributed by atoms with E-state index in [1.54, 1.807) is 11.8 Å². The number of thioether (sulfide) groups is 1. The Kier molecular flexibility index (Phi) is 10.7. The van der Waals surface area contributed by atoms with E-state index in [-0.39, 0.29) is 11.9 Å². The normalized spacial score (nSPS) is 17.6. The van der Waals surface area contributed by atoms with Crippen LogP contribution in [-0.4, -0.2) is 77.5 Å². The maximum absolute atomic E-state index is 13.3. The van der Waals surface area contributed by atoms with Gasteiger partial charge in [-0.25, -0.2) is 9.59 Å². The number of carboxylic acids is 1. The van der Waals surface area contributed by atoms with Crippen LogP contribution in [0.15, 0.2) is 29.8 Å². The van der Waals surface area contributed by atoms with Crippen molar-refractivity contribution >= 4 is 35.2 Å². The van der Waals surface area contributed by atoms with Gasteiger partial charge < -0.3 is 20.2 Å². The van der Waals surface area contributed by atoms with Gasteiger partial charge in [-0.15, -0.1) is 0 Å². The fourth-order valence-corrected chi connectivity index (χ4v) is 5.74. The van der Waals surface area contributed by atoms with Crippen LogP contribution in [0.5, 0.6) is 0 Å². The maximum atomic E-state index is 13.3. The molecule has 1 fully saturated rings. The van der Waals surface area contributed by atoms with Crippen molar-refractivity contribution in [3.8, 4) is 0 Å². The van der Waals surface area contributed by atoms with Crippen LogP contribution in [0, 0.1) is 12.8 Å². The Morgan fingerprint density at radius 3 is 2.58 bits per heavy atom. The van der Waals surface area contributed by atoms with Crippen molar-refractivity contribution in [2.45, 2.75) is 64.3 Å². The standard InChI is InChI=1S/C28H41N3O4S/c1-20-9-7-8-12-22(20)24-19-31(28(35)30(2)16-13-21-10-5-4-6-11-21)17-14-23(24)26(32)29-25(27(33)34)15-18-36-3/h7-9,12,21,25H,4-6,10-11,13-19H2,1-3H3,(H,29,32)(H,33,34). The van der Waals surface area contributed by atoms with E-state index in [0.29, 0.717) is 43.2 Å². The third-order valence-electron chi connectivity index (χ3n) is 7.50. The minimum atomic E-state index is -1.03. The first kappa shape index (κ1) is 28.1. The van der Waals surface area contributed by atoms with Crippen molar-refractivity contribution in [1.29, 1.82) is 0 Å². The van der Waals surface area contributed by atoms with E-state index >= 15 is 0 Å². The van der Waals surface area contributed by atoms with Gasteiger partial charge in [-0.05, 0) is 60.8 Å². The number of aliphatic carboxylic acids is 1. The van der Waals surface area contributed by atoms with Crippen molar-refractivity contribution in [3.05, 3.63) is 41.0 Å². The molecule has 7 nitrogen and oxygen atoms in total. The van der Waals surface area contributed by atoms with Gasteiger partial charge in [-0.1, -0.05) is 56.4 Å². The summed E-state index contributed by atoms with van der Waals surface area (Å²) in [5.74, 6) is -0.0142. The molecule has 3 amide bonds. The van der Waals surface area contributed by atoms with Gasteiger partial charge in [0, 0.05) is 32.3 Å². The predicted molar refractivity (Wildman–Crippen MR) is 146 cm³/mol. The summed E-state index contributed by atoms with van der Waals surface area (Å²) < 4.78 is 0. The zero-order chi connectivity index (χ0) is 26.1. The Morgan fingerprint density at radius 1 is 1.19 bits per heavy atom. The molecular formula is C28H41N3O4S. The summed E-state index contributed by atoms with van der Waals surface area (Å²) in [6.45, 7) is 3.51. The molecule has 198 valence electrons. The van der Waals surface area contributed by atoms with Crippen LogP contribution in [0.2, 0.25) is 0 Å². The molecule has 3 rings (SSSR count). The summed E-state index contributed by atoms with van der Waals surface area (Å²) in [7, 11) is 1.87. The molecule has 1 aromatic carbocycles. The van der Waals surface area contributed by atoms with Gasteiger partial charge in [0.15, 0.2) is 0 Å². The summed E-state index contributed by atoms with van der Waals surface area (Å²) in [6, 6.07) is 6.91. The minimum absolute atomic E-state index is 0.0141. The summed E-state index contributed by atoms with van der Waals surface area (Å²) >= 11 is 1.55. The third-order valence-corrected chi connectivity index (χ3v) is 8.14. The Balaban J connectivity index is 1.77. The number of urea groups is 1. The van der Waals surface area contributed by atoms with Crippen molar-refractivity contribution in [2.75, 3.05) is 38.7 Å². The van der Waals surface area contributed by atoms with Crippen molar-refractivity contribution in [3.63, 3.8) is 0 Å². The summed E-state index contributed by atoms with van der Waals surface area (Å²) in [4.78, 5) is 42.0. The number of aryl methyl sites for hydroxylation is 1. The third kappa shape index (κ3) is 7.51. The van der Waals surface area contributed by atoms with Gasteiger partial charge >= 0.3 is 12.0 Å². The first-order valence-electron chi connectivity index (χ1n) is 13.1. The predicted octanol–water partition coefficient (Wildman–Crippen LogP) is 4.80. The van der Waals surface area contributed by atoms with Crippen LogP contribution >= 0.6 is 11.8 Å². The van der Waals surface area contributed by atoms with Crippen LogP contribution < -0.4 is 5.32 Å². The molecule has 0 aromatic heterocycles. The first-order valence-corrected chi connectivity index (χ1v) is 14.5. The van der Waals surface area contributed by atoms with Crippen LogP contribution in [0.1, 0.15) is 62.5 Å². The molecule has 1 heterocycles. The van der Waals surface area contributed by atoms with E-state index in [1.165, 1.54) is 32.1 Å². The molecule has 2 N–H and O–H groups in total. The lowest BCUT2D eigenvalue weighted by atomic mass is 9.87. The molecule has 0 spiro atoms. The molecule has 2 aliphatic rings. The van der Waals surface area contributed by atoms with Crippen molar-refractivity contribution in [2.24, 2.45) is 5.92 Å². The maximum Gasteiger partial charge on any atom is 0.326 e. The van der Waals surface area contributed by atoms with Gasteiger partial charge in [0.1, 0.15) is 6.04 Å². The van der Waals surface area contributed by atoms with E-state index in [2.05, 4.69) is 5.32 Å². The van der Waals surface area contributed by atoms with E-state index in [9.17, 15) is 19.5 Å². The Hall–Kier alpha value is -2.48. The largest absolute Gasteiger partial charge is 0.480 e. The van der Waals surface area contributed by atoms with Crippen molar-refractivity contribution in [1.82, 2.24) is 15.1 Å².